The molecular formula is C28H36N2O8. The van der Waals surface area contributed by atoms with Gasteiger partial charge in [0.1, 0.15) is 23.5 Å². The number of hydrogen-bond acceptors (Lipinski definition) is 7. The summed E-state index contributed by atoms with van der Waals surface area (Å²) in [7, 11) is 1.37. The van der Waals surface area contributed by atoms with Crippen molar-refractivity contribution in [2.45, 2.75) is 64.7 Å². The number of Topliss-reactive ketones (excluding diaryl/α,β-unsaturated/α-hetero) is 1. The monoisotopic (exact) mass is 528 g/mol. The summed E-state index contributed by atoms with van der Waals surface area (Å²) in [4.78, 5) is 48.9. The van der Waals surface area contributed by atoms with Gasteiger partial charge in [-0.3, -0.25) is 4.79 Å². The molecule has 0 fully saturated rings. The van der Waals surface area contributed by atoms with Crippen molar-refractivity contribution in [3.05, 3.63) is 65.2 Å². The number of carbonyl (C=O) groups is 4. The minimum atomic E-state index is -1.17. The molecule has 2 aromatic rings. The topological polar surface area (TPSA) is 140 Å². The number of methoxy groups -OCH3 is 1. The Balaban J connectivity index is 1.92. The van der Waals surface area contributed by atoms with E-state index in [2.05, 4.69) is 10.6 Å². The molecule has 0 spiro atoms. The first kappa shape index (κ1) is 30.1. The molecule has 10 nitrogen and oxygen atoms in total. The van der Waals surface area contributed by atoms with Crippen LogP contribution in [-0.2, 0) is 27.3 Å². The average molecular weight is 529 g/mol. The first-order valence-electron chi connectivity index (χ1n) is 12.4. The predicted molar refractivity (Wildman–Crippen MR) is 140 cm³/mol. The quantitative estimate of drug-likeness (QED) is 0.323. The van der Waals surface area contributed by atoms with Crippen LogP contribution in [0.4, 0.5) is 9.59 Å². The third-order valence-corrected chi connectivity index (χ3v) is 5.35. The van der Waals surface area contributed by atoms with Crippen LogP contribution >= 0.6 is 0 Å². The number of carbonyl (C=O) groups excluding carboxylic acids is 3. The Morgan fingerprint density at radius 3 is 2.29 bits per heavy atom. The Kier molecular flexibility index (Phi) is 11.6. The fourth-order valence-electron chi connectivity index (χ4n) is 3.56. The summed E-state index contributed by atoms with van der Waals surface area (Å²) in [6.45, 7) is 5.66. The Bertz CT molecular complexity index is 1100. The summed E-state index contributed by atoms with van der Waals surface area (Å²) in [5.74, 6) is -1.28. The number of aromatic carboxylic acids is 1. The zero-order chi connectivity index (χ0) is 28.1. The fourth-order valence-corrected chi connectivity index (χ4v) is 3.56. The van der Waals surface area contributed by atoms with Crippen molar-refractivity contribution >= 4 is 23.9 Å². The maximum atomic E-state index is 13.1. The summed E-state index contributed by atoms with van der Waals surface area (Å²) in [5, 5.41) is 14.7. The van der Waals surface area contributed by atoms with E-state index in [1.54, 1.807) is 26.8 Å². The number of rotatable bonds is 13. The van der Waals surface area contributed by atoms with Crippen molar-refractivity contribution in [1.82, 2.24) is 10.6 Å². The SMILES string of the molecule is COc1ccc(CC(=O)[C@H](CCCCNC(=O)OCc2ccccc2)NC(=O)OC(C)(C)C)cc1C(=O)O. The molecule has 3 N–H and O–H groups in total. The smallest absolute Gasteiger partial charge is 0.408 e. The van der Waals surface area contributed by atoms with Crippen LogP contribution in [0.25, 0.3) is 0 Å². The molecule has 0 radical (unpaired) electrons. The first-order valence-corrected chi connectivity index (χ1v) is 12.4. The molecule has 2 rings (SSSR count). The molecule has 0 saturated carbocycles. The highest BCUT2D eigenvalue weighted by molar-refractivity contribution is 5.92. The number of carboxylic acids is 1. The number of carboxylic acid groups (broad SMARTS) is 1. The number of alkyl carbamates (subject to hydrolysis) is 2. The second-order valence-corrected chi connectivity index (χ2v) is 9.67. The van der Waals surface area contributed by atoms with Crippen LogP contribution in [0, 0.1) is 0 Å². The van der Waals surface area contributed by atoms with E-state index in [4.69, 9.17) is 14.2 Å². The van der Waals surface area contributed by atoms with E-state index in [-0.39, 0.29) is 30.1 Å². The molecule has 1 atom stereocenters. The van der Waals surface area contributed by atoms with E-state index < -0.39 is 29.8 Å². The number of hydrogen-bond donors (Lipinski definition) is 3. The fraction of sp³-hybridized carbons (Fsp3) is 0.429. The lowest BCUT2D eigenvalue weighted by molar-refractivity contribution is -0.120. The number of unbranched alkanes of at least 4 members (excludes halogenated alkanes) is 1. The third kappa shape index (κ3) is 10.9. The van der Waals surface area contributed by atoms with Crippen LogP contribution in [0.1, 0.15) is 61.5 Å². The molecule has 206 valence electrons. The lowest BCUT2D eigenvalue weighted by Crippen LogP contribution is -2.44. The second-order valence-electron chi connectivity index (χ2n) is 9.67. The van der Waals surface area contributed by atoms with Gasteiger partial charge in [0.05, 0.1) is 13.2 Å². The highest BCUT2D eigenvalue weighted by Crippen LogP contribution is 2.21. The molecule has 0 aliphatic heterocycles. The predicted octanol–water partition coefficient (Wildman–Crippen LogP) is 4.50. The van der Waals surface area contributed by atoms with Crippen molar-refractivity contribution < 1.29 is 38.5 Å². The summed E-state index contributed by atoms with van der Waals surface area (Å²) < 4.78 is 15.5. The molecule has 0 saturated heterocycles. The summed E-state index contributed by atoms with van der Waals surface area (Å²) in [6.07, 6.45) is 0.0249. The van der Waals surface area contributed by atoms with E-state index in [1.807, 2.05) is 30.3 Å². The van der Waals surface area contributed by atoms with Gasteiger partial charge in [0.25, 0.3) is 0 Å². The van der Waals surface area contributed by atoms with Gasteiger partial charge in [-0.25, -0.2) is 14.4 Å². The van der Waals surface area contributed by atoms with E-state index in [9.17, 15) is 24.3 Å². The Labute approximate surface area is 222 Å². The van der Waals surface area contributed by atoms with Crippen molar-refractivity contribution in [2.75, 3.05) is 13.7 Å². The number of ketones is 1. The van der Waals surface area contributed by atoms with Crippen LogP contribution < -0.4 is 15.4 Å². The van der Waals surface area contributed by atoms with Gasteiger partial charge in [-0.05, 0) is 63.3 Å². The van der Waals surface area contributed by atoms with Gasteiger partial charge in [-0.1, -0.05) is 36.4 Å². The van der Waals surface area contributed by atoms with Gasteiger partial charge >= 0.3 is 18.2 Å². The zero-order valence-corrected chi connectivity index (χ0v) is 22.2. The Morgan fingerprint density at radius 1 is 0.947 bits per heavy atom. The number of nitrogens with one attached hydrogen (secondary N) is 2. The highest BCUT2D eigenvalue weighted by atomic mass is 16.6. The number of ether oxygens (including phenoxy) is 3. The van der Waals surface area contributed by atoms with Crippen LogP contribution in [-0.4, -0.2) is 54.3 Å². The largest absolute Gasteiger partial charge is 0.496 e. The minimum absolute atomic E-state index is 0.0559. The molecule has 0 aliphatic carbocycles. The van der Waals surface area contributed by atoms with E-state index >= 15 is 0 Å². The minimum Gasteiger partial charge on any atom is -0.496 e. The van der Waals surface area contributed by atoms with Crippen molar-refractivity contribution in [1.29, 1.82) is 0 Å². The van der Waals surface area contributed by atoms with E-state index in [1.165, 1.54) is 19.2 Å². The molecule has 0 unspecified atom stereocenters. The summed E-state index contributed by atoms with van der Waals surface area (Å²) in [6, 6.07) is 12.9. The molecular weight excluding hydrogens is 492 g/mol. The van der Waals surface area contributed by atoms with Crippen molar-refractivity contribution in [3.8, 4) is 5.75 Å². The van der Waals surface area contributed by atoms with E-state index in [0.717, 1.165) is 5.56 Å². The summed E-state index contributed by atoms with van der Waals surface area (Å²) >= 11 is 0. The van der Waals surface area contributed by atoms with Gasteiger partial charge in [0.15, 0.2) is 5.78 Å². The van der Waals surface area contributed by atoms with E-state index in [0.29, 0.717) is 31.4 Å². The van der Waals surface area contributed by atoms with Gasteiger partial charge in [0, 0.05) is 13.0 Å². The molecule has 0 bridgehead atoms. The molecule has 0 aromatic heterocycles. The second kappa shape index (κ2) is 14.6. The highest BCUT2D eigenvalue weighted by Gasteiger charge is 2.25. The molecule has 0 heterocycles. The normalized spacial score (nSPS) is 11.7. The van der Waals surface area contributed by atoms with Crippen LogP contribution in [0.3, 0.4) is 0 Å². The standard InChI is InChI=1S/C28H36N2O8/c1-28(2,3)38-27(35)30-22(23(31)17-20-13-14-24(36-4)21(16-20)25(32)33)12-8-9-15-29-26(34)37-18-19-10-6-5-7-11-19/h5-7,10-11,13-14,16,22H,8-9,12,15,17-18H2,1-4H3,(H,29,34)(H,30,35)(H,32,33)/t22-/m0/s1. The summed E-state index contributed by atoms with van der Waals surface area (Å²) in [5.41, 5.74) is 0.560. The van der Waals surface area contributed by atoms with Crippen molar-refractivity contribution in [3.63, 3.8) is 0 Å². The lowest BCUT2D eigenvalue weighted by Gasteiger charge is -2.23. The van der Waals surface area contributed by atoms with Gasteiger partial charge in [-0.2, -0.15) is 0 Å². The molecule has 2 aromatic carbocycles. The first-order chi connectivity index (χ1) is 18.0. The molecule has 2 amide bonds. The van der Waals surface area contributed by atoms with Gasteiger partial charge < -0.3 is 30.0 Å². The Morgan fingerprint density at radius 2 is 1.66 bits per heavy atom. The maximum Gasteiger partial charge on any atom is 0.408 e. The Hall–Kier alpha value is -4.08. The molecule has 38 heavy (non-hydrogen) atoms. The third-order valence-electron chi connectivity index (χ3n) is 5.35. The van der Waals surface area contributed by atoms with Crippen molar-refractivity contribution in [2.24, 2.45) is 0 Å². The maximum absolute atomic E-state index is 13.1. The zero-order valence-electron chi connectivity index (χ0n) is 22.2. The lowest BCUT2D eigenvalue weighted by atomic mass is 9.98. The number of benzene rings is 2. The van der Waals surface area contributed by atoms with Crippen LogP contribution in [0.2, 0.25) is 0 Å². The van der Waals surface area contributed by atoms with Crippen LogP contribution in [0.5, 0.6) is 5.75 Å². The molecule has 10 heteroatoms. The van der Waals surface area contributed by atoms with Crippen LogP contribution in [0.15, 0.2) is 48.5 Å². The molecule has 0 aliphatic rings. The van der Waals surface area contributed by atoms with Gasteiger partial charge in [-0.15, -0.1) is 0 Å². The average Bonchev–Trinajstić information content (AvgIpc) is 2.86. The van der Waals surface area contributed by atoms with Gasteiger partial charge in [0.2, 0.25) is 0 Å². The number of amides is 2.